The fourth-order valence-electron chi connectivity index (χ4n) is 4.22. The van der Waals surface area contributed by atoms with Gasteiger partial charge in [0.05, 0.1) is 6.10 Å². The third-order valence-electron chi connectivity index (χ3n) is 6.00. The molecule has 0 amide bonds. The molecule has 1 N–H and O–H groups in total. The molecule has 1 aliphatic carbocycles. The summed E-state index contributed by atoms with van der Waals surface area (Å²) in [6, 6.07) is 21.7. The second-order valence-electron chi connectivity index (χ2n) is 8.57. The van der Waals surface area contributed by atoms with Gasteiger partial charge in [-0.25, -0.2) is 0 Å². The van der Waals surface area contributed by atoms with E-state index in [2.05, 4.69) is 10.3 Å². The normalized spacial score (nSPS) is 17.3. The van der Waals surface area contributed by atoms with E-state index in [0.717, 1.165) is 47.9 Å². The molecule has 0 radical (unpaired) electrons. The Morgan fingerprint density at radius 1 is 0.969 bits per heavy atom. The van der Waals surface area contributed by atoms with Crippen LogP contribution in [-0.2, 0) is 9.09 Å². The molecule has 6 heteroatoms. The first kappa shape index (κ1) is 22.6. The zero-order valence-corrected chi connectivity index (χ0v) is 19.7. The van der Waals surface area contributed by atoms with E-state index in [-0.39, 0.29) is 6.10 Å². The Balaban J connectivity index is 1.79. The van der Waals surface area contributed by atoms with Crippen LogP contribution in [0.2, 0.25) is 0 Å². The zero-order chi connectivity index (χ0) is 22.4. The van der Waals surface area contributed by atoms with E-state index < -0.39 is 13.2 Å². The molecule has 32 heavy (non-hydrogen) atoms. The van der Waals surface area contributed by atoms with Gasteiger partial charge in [0.25, 0.3) is 7.37 Å². The van der Waals surface area contributed by atoms with Crippen LogP contribution >= 0.6 is 7.37 Å². The van der Waals surface area contributed by atoms with Gasteiger partial charge in [-0.3, -0.25) is 9.55 Å². The topological polar surface area (TPSA) is 54.5 Å². The number of pyridine rings is 1. The van der Waals surface area contributed by atoms with Gasteiger partial charge in [-0.1, -0.05) is 43.5 Å². The van der Waals surface area contributed by atoms with Crippen molar-refractivity contribution in [2.24, 2.45) is 0 Å². The van der Waals surface area contributed by atoms with Gasteiger partial charge in [-0.05, 0) is 55.3 Å². The molecule has 1 aromatic heterocycles. The summed E-state index contributed by atoms with van der Waals surface area (Å²) in [7, 11) is 0.648. The third-order valence-corrected chi connectivity index (χ3v) is 8.74. The molecule has 5 nitrogen and oxygen atoms in total. The number of hydrogen-bond acceptors (Lipinski definition) is 5. The van der Waals surface area contributed by atoms with Crippen molar-refractivity contribution >= 4 is 24.0 Å². The summed E-state index contributed by atoms with van der Waals surface area (Å²) in [5.74, 6) is -0.536. The summed E-state index contributed by atoms with van der Waals surface area (Å²) >= 11 is 0. The number of rotatable bonds is 8. The van der Waals surface area contributed by atoms with Gasteiger partial charge in [-0.2, -0.15) is 0 Å². The summed E-state index contributed by atoms with van der Waals surface area (Å²) in [6.07, 6.45) is 8.88. The minimum Gasteiger partial charge on any atom is -0.378 e. The molecular weight excluding hydrogens is 417 g/mol. The summed E-state index contributed by atoms with van der Waals surface area (Å²) < 4.78 is 21.5. The highest BCUT2D eigenvalue weighted by Gasteiger charge is 2.40. The number of anilines is 2. The van der Waals surface area contributed by atoms with Crippen molar-refractivity contribution in [3.8, 4) is 0 Å². The fourth-order valence-corrected chi connectivity index (χ4v) is 6.84. The average Bonchev–Trinajstić information content (AvgIpc) is 2.84. The summed E-state index contributed by atoms with van der Waals surface area (Å²) in [4.78, 5) is 6.35. The van der Waals surface area contributed by atoms with Crippen LogP contribution in [0.5, 0.6) is 0 Å². The lowest BCUT2D eigenvalue weighted by Crippen LogP contribution is -2.25. The van der Waals surface area contributed by atoms with Gasteiger partial charge in [0.2, 0.25) is 0 Å². The molecule has 1 saturated carbocycles. The highest BCUT2D eigenvalue weighted by atomic mass is 31.2. The van der Waals surface area contributed by atoms with Crippen molar-refractivity contribution < 1.29 is 9.09 Å². The van der Waals surface area contributed by atoms with Gasteiger partial charge in [0.1, 0.15) is 5.78 Å². The van der Waals surface area contributed by atoms with Gasteiger partial charge < -0.3 is 14.7 Å². The lowest BCUT2D eigenvalue weighted by molar-refractivity contribution is 0.159. The standard InChI is InChI=1S/C26H32N3O2P/c1-29(2)23-15-17-25(18-16-23)32(30,31-24-13-7-4-8-14-24)26(21-10-9-19-27-20-21)28-22-11-5-3-6-12-22/h3,5-6,9-12,15-20,24,26,28H,4,7-8,13-14H2,1-2H3/t26-,32-/m0/s1. The van der Waals surface area contributed by atoms with Crippen LogP contribution in [0, 0.1) is 0 Å². The molecule has 4 rings (SSSR count). The van der Waals surface area contributed by atoms with Gasteiger partial charge >= 0.3 is 0 Å². The zero-order valence-electron chi connectivity index (χ0n) is 18.9. The molecule has 1 aliphatic rings. The van der Waals surface area contributed by atoms with Gasteiger partial charge in [0.15, 0.2) is 0 Å². The average molecular weight is 450 g/mol. The number of nitrogens with zero attached hydrogens (tertiary/aromatic N) is 2. The van der Waals surface area contributed by atoms with Crippen LogP contribution in [0.4, 0.5) is 11.4 Å². The van der Waals surface area contributed by atoms with E-state index >= 15 is 0 Å². The molecule has 3 aromatic rings. The molecule has 1 heterocycles. The van der Waals surface area contributed by atoms with E-state index in [1.165, 1.54) is 6.42 Å². The van der Waals surface area contributed by atoms with E-state index in [1.807, 2.05) is 85.7 Å². The summed E-state index contributed by atoms with van der Waals surface area (Å²) in [6.45, 7) is 0. The van der Waals surface area contributed by atoms with Crippen LogP contribution in [0.3, 0.4) is 0 Å². The smallest absolute Gasteiger partial charge is 0.258 e. The molecule has 0 saturated heterocycles. The Bertz CT molecular complexity index is 1020. The Morgan fingerprint density at radius 3 is 2.31 bits per heavy atom. The first-order valence-corrected chi connectivity index (χ1v) is 13.0. The molecule has 2 atom stereocenters. The van der Waals surface area contributed by atoms with Crippen molar-refractivity contribution in [3.05, 3.63) is 84.7 Å². The van der Waals surface area contributed by atoms with Gasteiger partial charge in [0, 0.05) is 48.7 Å². The third kappa shape index (κ3) is 5.23. The lowest BCUT2D eigenvalue weighted by Gasteiger charge is -2.34. The van der Waals surface area contributed by atoms with Crippen LogP contribution in [0.1, 0.15) is 43.5 Å². The van der Waals surface area contributed by atoms with Crippen molar-refractivity contribution in [2.75, 3.05) is 24.3 Å². The number of aromatic nitrogens is 1. The second-order valence-corrected chi connectivity index (χ2v) is 11.0. The lowest BCUT2D eigenvalue weighted by atomic mass is 9.98. The SMILES string of the molecule is CN(C)c1ccc([P@](=O)(OC2CCCCC2)[C@H](Nc2ccccc2)c2cccnc2)cc1. The molecular formula is C26H32N3O2P. The molecule has 0 spiro atoms. The van der Waals surface area contributed by atoms with Crippen LogP contribution in [0.15, 0.2) is 79.1 Å². The van der Waals surface area contributed by atoms with Gasteiger partial charge in [-0.15, -0.1) is 0 Å². The molecule has 0 aliphatic heterocycles. The van der Waals surface area contributed by atoms with E-state index in [0.29, 0.717) is 0 Å². The van der Waals surface area contributed by atoms with E-state index in [9.17, 15) is 4.57 Å². The Labute approximate surface area is 191 Å². The number of hydrogen-bond donors (Lipinski definition) is 1. The second kappa shape index (κ2) is 10.3. The number of benzene rings is 2. The maximum absolute atomic E-state index is 14.9. The predicted molar refractivity (Wildman–Crippen MR) is 133 cm³/mol. The molecule has 0 unspecified atom stereocenters. The Hall–Kier alpha value is -2.62. The van der Waals surface area contributed by atoms with Crippen molar-refractivity contribution in [1.29, 1.82) is 0 Å². The van der Waals surface area contributed by atoms with Crippen molar-refractivity contribution in [3.63, 3.8) is 0 Å². The molecule has 2 aromatic carbocycles. The molecule has 1 fully saturated rings. The highest BCUT2D eigenvalue weighted by molar-refractivity contribution is 7.67. The number of nitrogens with one attached hydrogen (secondary N) is 1. The minimum absolute atomic E-state index is 0.000136. The van der Waals surface area contributed by atoms with Crippen LogP contribution < -0.4 is 15.5 Å². The first-order chi connectivity index (χ1) is 15.6. The fraction of sp³-hybridized carbons (Fsp3) is 0.346. The predicted octanol–water partition coefficient (Wildman–Crippen LogP) is 6.21. The maximum Gasteiger partial charge on any atom is 0.258 e. The van der Waals surface area contributed by atoms with Crippen molar-refractivity contribution in [1.82, 2.24) is 4.98 Å². The van der Waals surface area contributed by atoms with Crippen LogP contribution in [0.25, 0.3) is 0 Å². The highest BCUT2D eigenvalue weighted by Crippen LogP contribution is 2.60. The molecule has 168 valence electrons. The largest absolute Gasteiger partial charge is 0.378 e. The van der Waals surface area contributed by atoms with E-state index in [1.54, 1.807) is 12.4 Å². The quantitative estimate of drug-likeness (QED) is 0.414. The monoisotopic (exact) mass is 449 g/mol. The maximum atomic E-state index is 14.9. The van der Waals surface area contributed by atoms with Crippen molar-refractivity contribution in [2.45, 2.75) is 44.0 Å². The summed E-state index contributed by atoms with van der Waals surface area (Å²) in [5.41, 5.74) is 2.82. The van der Waals surface area contributed by atoms with Crippen LogP contribution in [-0.4, -0.2) is 25.2 Å². The summed E-state index contributed by atoms with van der Waals surface area (Å²) in [5, 5.41) is 4.25. The Morgan fingerprint density at radius 2 is 1.69 bits per heavy atom. The first-order valence-electron chi connectivity index (χ1n) is 11.3. The molecule has 0 bridgehead atoms. The minimum atomic E-state index is -3.36. The number of para-hydroxylation sites is 1. The van der Waals surface area contributed by atoms with E-state index in [4.69, 9.17) is 4.52 Å². The Kier molecular flexibility index (Phi) is 7.29.